The van der Waals surface area contributed by atoms with Crippen molar-refractivity contribution in [2.45, 2.75) is 58.4 Å². The fraction of sp³-hybridized carbons (Fsp3) is 0.378. The molecule has 0 bridgehead atoms. The van der Waals surface area contributed by atoms with E-state index < -0.39 is 0 Å². The molecule has 1 fully saturated rings. The number of aromatic nitrogens is 5. The number of nitrogens with zero attached hydrogens (tertiary/aromatic N) is 6. The molecule has 3 heterocycles. The van der Waals surface area contributed by atoms with E-state index in [-0.39, 0.29) is 17.3 Å². The highest BCUT2D eigenvalue weighted by Crippen LogP contribution is 2.31. The Morgan fingerprint density at radius 1 is 1.04 bits per heavy atom. The van der Waals surface area contributed by atoms with Gasteiger partial charge in [0.05, 0.1) is 11.9 Å². The van der Waals surface area contributed by atoms with Crippen LogP contribution in [0.4, 0.5) is 17.6 Å². The maximum atomic E-state index is 12.4. The van der Waals surface area contributed by atoms with E-state index in [1.165, 1.54) is 32.1 Å². The number of hydrogen-bond donors (Lipinski definition) is 3. The smallest absolute Gasteiger partial charge is 0.248 e. The fourth-order valence-electron chi connectivity index (χ4n) is 6.23. The Morgan fingerprint density at radius 2 is 1.85 bits per heavy atom. The third-order valence-electron chi connectivity index (χ3n) is 8.77. The largest absolute Gasteiger partial charge is 0.412 e. The number of likely N-dealkylation sites (N-methyl/N-ethyl adjacent to an activating group) is 1. The van der Waals surface area contributed by atoms with Crippen LogP contribution in [-0.4, -0.2) is 68.0 Å². The topological polar surface area (TPSA) is 144 Å². The van der Waals surface area contributed by atoms with Crippen LogP contribution in [0.5, 0.6) is 0 Å². The quantitative estimate of drug-likeness (QED) is 0.134. The molecule has 0 unspecified atom stereocenters. The summed E-state index contributed by atoms with van der Waals surface area (Å²) in [5.74, 6) is 2.07. The van der Waals surface area contributed by atoms with E-state index in [4.69, 9.17) is 15.0 Å². The summed E-state index contributed by atoms with van der Waals surface area (Å²) in [5.41, 5.74) is 5.64. The summed E-state index contributed by atoms with van der Waals surface area (Å²) in [6.07, 6.45) is 13.6. The summed E-state index contributed by atoms with van der Waals surface area (Å²) in [5, 5.41) is 16.8. The maximum Gasteiger partial charge on any atom is 0.248 e. The van der Waals surface area contributed by atoms with Gasteiger partial charge in [0.15, 0.2) is 5.65 Å². The highest BCUT2D eigenvalue weighted by atomic mass is 16.1. The highest BCUT2D eigenvalue weighted by Gasteiger charge is 2.18. The second kappa shape index (κ2) is 15.8. The number of nitrogens with one attached hydrogen (secondary N) is 3. The van der Waals surface area contributed by atoms with Gasteiger partial charge in [0, 0.05) is 54.1 Å². The minimum Gasteiger partial charge on any atom is -0.412 e. The molecule has 252 valence electrons. The molecule has 1 saturated carbocycles. The van der Waals surface area contributed by atoms with Gasteiger partial charge in [-0.3, -0.25) is 9.78 Å². The van der Waals surface area contributed by atoms with Crippen LogP contribution in [0.1, 0.15) is 63.0 Å². The summed E-state index contributed by atoms with van der Waals surface area (Å²) >= 11 is 0. The number of amides is 1. The molecule has 6 rings (SSSR count). The number of anilines is 3. The average molecular weight is 650 g/mol. The van der Waals surface area contributed by atoms with Gasteiger partial charge in [-0.25, -0.2) is 0 Å². The standard InChI is InChI=1S/C37H45N9O.H2O/c1-25(2)32-24-41-46-35(32)43-36(39-22-26-11-6-5-7-12-26)44-37(46)40-23-28-13-8-9-14-30(28)34-31-17-16-29(21-27(31)18-19-38-34)42-33(47)15-10-20-45(3)4;/h8-10,13-19,21,24-26H,5-7,11-12,20,22-23H2,1-4H3,(H,42,47)(H2,39,40,43,44);1H2/b15-10+;. The van der Waals surface area contributed by atoms with Gasteiger partial charge in [-0.05, 0) is 67.9 Å². The average Bonchev–Trinajstić information content (AvgIpc) is 3.51. The van der Waals surface area contributed by atoms with Crippen molar-refractivity contribution in [2.75, 3.05) is 43.1 Å². The molecule has 3 aromatic heterocycles. The monoisotopic (exact) mass is 649 g/mol. The molecule has 0 spiro atoms. The number of pyridine rings is 1. The molecule has 0 radical (unpaired) electrons. The molecular weight excluding hydrogens is 602 g/mol. The lowest BCUT2D eigenvalue weighted by atomic mass is 9.89. The van der Waals surface area contributed by atoms with Crippen molar-refractivity contribution in [1.82, 2.24) is 29.5 Å². The van der Waals surface area contributed by atoms with Crippen molar-refractivity contribution in [3.8, 4) is 11.3 Å². The van der Waals surface area contributed by atoms with Crippen LogP contribution in [0.25, 0.3) is 27.7 Å². The SMILES string of the molecule is CC(C)c1cnn2c(NCc3ccccc3-c3nccc4cc(NC(=O)/C=C/CN(C)C)ccc34)nc(NCC3CCCCC3)nc12.O. The van der Waals surface area contributed by atoms with Gasteiger partial charge in [0.1, 0.15) is 0 Å². The summed E-state index contributed by atoms with van der Waals surface area (Å²) in [6.45, 7) is 6.43. The van der Waals surface area contributed by atoms with Crippen LogP contribution in [0, 0.1) is 5.92 Å². The van der Waals surface area contributed by atoms with Crippen LogP contribution < -0.4 is 16.0 Å². The van der Waals surface area contributed by atoms with E-state index in [9.17, 15) is 4.79 Å². The van der Waals surface area contributed by atoms with Crippen LogP contribution in [0.2, 0.25) is 0 Å². The normalized spacial score (nSPS) is 13.8. The predicted molar refractivity (Wildman–Crippen MR) is 194 cm³/mol. The first-order valence-electron chi connectivity index (χ1n) is 16.7. The highest BCUT2D eigenvalue weighted by molar-refractivity contribution is 6.02. The Labute approximate surface area is 282 Å². The molecule has 0 saturated heterocycles. The van der Waals surface area contributed by atoms with Gasteiger partial charge in [0.2, 0.25) is 17.8 Å². The van der Waals surface area contributed by atoms with Crippen molar-refractivity contribution in [3.63, 3.8) is 0 Å². The van der Waals surface area contributed by atoms with Crippen molar-refractivity contribution in [3.05, 3.63) is 84.2 Å². The molecule has 5 aromatic rings. The third kappa shape index (κ3) is 8.15. The Hall–Kier alpha value is -4.87. The number of rotatable bonds is 12. The minimum atomic E-state index is -0.152. The third-order valence-corrected chi connectivity index (χ3v) is 8.77. The summed E-state index contributed by atoms with van der Waals surface area (Å²) in [7, 11) is 3.93. The Bertz CT molecular complexity index is 1880. The Morgan fingerprint density at radius 3 is 2.65 bits per heavy atom. The van der Waals surface area contributed by atoms with E-state index in [0.717, 1.165) is 51.0 Å². The van der Waals surface area contributed by atoms with Crippen LogP contribution in [0.3, 0.4) is 0 Å². The van der Waals surface area contributed by atoms with Gasteiger partial charge < -0.3 is 26.3 Å². The second-order valence-electron chi connectivity index (χ2n) is 13.0. The number of carbonyl (C=O) groups is 1. The molecule has 11 heteroatoms. The molecule has 1 amide bonds. The van der Waals surface area contributed by atoms with Crippen molar-refractivity contribution in [1.29, 1.82) is 0 Å². The first-order valence-corrected chi connectivity index (χ1v) is 16.7. The first kappa shape index (κ1) is 34.5. The number of benzene rings is 2. The lowest BCUT2D eigenvalue weighted by Gasteiger charge is -2.22. The van der Waals surface area contributed by atoms with Gasteiger partial charge in [-0.1, -0.05) is 69.5 Å². The van der Waals surface area contributed by atoms with E-state index in [0.29, 0.717) is 30.9 Å². The molecule has 0 aliphatic heterocycles. The summed E-state index contributed by atoms with van der Waals surface area (Å²) in [6, 6.07) is 16.2. The predicted octanol–water partition coefficient (Wildman–Crippen LogP) is 6.30. The lowest BCUT2D eigenvalue weighted by Crippen LogP contribution is -2.19. The number of fused-ring (bicyclic) bond motifs is 2. The van der Waals surface area contributed by atoms with Crippen molar-refractivity contribution >= 4 is 39.9 Å². The molecule has 5 N–H and O–H groups in total. The second-order valence-corrected chi connectivity index (χ2v) is 13.0. The molecule has 1 aliphatic rings. The van der Waals surface area contributed by atoms with Crippen molar-refractivity contribution < 1.29 is 10.3 Å². The van der Waals surface area contributed by atoms with Gasteiger partial charge in [-0.15, -0.1) is 0 Å². The Balaban J connectivity index is 0.00000451. The molecule has 2 aromatic carbocycles. The van der Waals surface area contributed by atoms with Gasteiger partial charge in [0.25, 0.3) is 0 Å². The fourth-order valence-corrected chi connectivity index (χ4v) is 6.23. The van der Waals surface area contributed by atoms with Crippen molar-refractivity contribution in [2.24, 2.45) is 5.92 Å². The summed E-state index contributed by atoms with van der Waals surface area (Å²) in [4.78, 5) is 29.1. The number of carbonyl (C=O) groups excluding carboxylic acids is 1. The molecule has 1 aliphatic carbocycles. The van der Waals surface area contributed by atoms with Crippen LogP contribution in [0.15, 0.2) is 73.1 Å². The molecule has 48 heavy (non-hydrogen) atoms. The minimum absolute atomic E-state index is 0. The summed E-state index contributed by atoms with van der Waals surface area (Å²) < 4.78 is 1.81. The molecule has 11 nitrogen and oxygen atoms in total. The van der Waals surface area contributed by atoms with Crippen LogP contribution in [-0.2, 0) is 11.3 Å². The first-order chi connectivity index (χ1) is 22.9. The Kier molecular flexibility index (Phi) is 11.4. The van der Waals surface area contributed by atoms with E-state index in [1.54, 1.807) is 6.08 Å². The van der Waals surface area contributed by atoms with Gasteiger partial charge >= 0.3 is 0 Å². The van der Waals surface area contributed by atoms with E-state index in [1.807, 2.05) is 78.4 Å². The van der Waals surface area contributed by atoms with Crippen LogP contribution >= 0.6 is 0 Å². The zero-order valence-electron chi connectivity index (χ0n) is 28.3. The number of hydrogen-bond acceptors (Lipinski definition) is 8. The zero-order valence-corrected chi connectivity index (χ0v) is 28.3. The zero-order chi connectivity index (χ0) is 32.8. The maximum absolute atomic E-state index is 12.4. The van der Waals surface area contributed by atoms with E-state index in [2.05, 4.69) is 47.0 Å². The molecule has 0 atom stereocenters. The van der Waals surface area contributed by atoms with E-state index >= 15 is 0 Å². The lowest BCUT2D eigenvalue weighted by molar-refractivity contribution is -0.111. The molecular formula is C37H47N9O2. The van der Waals surface area contributed by atoms with Gasteiger partial charge in [-0.2, -0.15) is 19.6 Å².